The highest BCUT2D eigenvalue weighted by molar-refractivity contribution is 5.99. The molecule has 1 aliphatic carbocycles. The van der Waals surface area contributed by atoms with E-state index in [1.165, 1.54) is 12.1 Å². The van der Waals surface area contributed by atoms with Crippen LogP contribution in [-0.4, -0.2) is 25.7 Å². The van der Waals surface area contributed by atoms with Crippen LogP contribution in [0.15, 0.2) is 54.6 Å². The van der Waals surface area contributed by atoms with Gasteiger partial charge in [-0.05, 0) is 59.5 Å². The van der Waals surface area contributed by atoms with Crippen LogP contribution >= 0.6 is 0 Å². The molecule has 1 N–H and O–H groups in total. The molecule has 1 aliphatic rings. The first-order chi connectivity index (χ1) is 13.1. The van der Waals surface area contributed by atoms with E-state index < -0.39 is 0 Å². The molecule has 1 saturated carbocycles. The van der Waals surface area contributed by atoms with E-state index in [9.17, 15) is 9.18 Å². The summed E-state index contributed by atoms with van der Waals surface area (Å²) in [4.78, 5) is 11.9. The zero-order valence-corrected chi connectivity index (χ0v) is 15.0. The van der Waals surface area contributed by atoms with Crippen LogP contribution in [-0.2, 0) is 4.79 Å². The first-order valence-corrected chi connectivity index (χ1v) is 8.93. The van der Waals surface area contributed by atoms with Gasteiger partial charge in [0, 0.05) is 11.6 Å². The first kappa shape index (κ1) is 17.3. The minimum Gasteiger partial charge on any atom is -0.496 e. The highest BCUT2D eigenvalue weighted by atomic mass is 19.1. The molecule has 4 rings (SSSR count). The van der Waals surface area contributed by atoms with Crippen molar-refractivity contribution in [3.63, 3.8) is 0 Å². The molecule has 0 aromatic heterocycles. The van der Waals surface area contributed by atoms with E-state index in [4.69, 9.17) is 9.47 Å². The number of fused-ring (bicyclic) bond motifs is 1. The van der Waals surface area contributed by atoms with Gasteiger partial charge in [-0.15, -0.1) is 0 Å². The normalized spacial score (nSPS) is 13.4. The maximum absolute atomic E-state index is 13.9. The Bertz CT molecular complexity index is 998. The summed E-state index contributed by atoms with van der Waals surface area (Å²) < 4.78 is 25.1. The molecule has 3 aromatic rings. The van der Waals surface area contributed by atoms with E-state index in [-0.39, 0.29) is 18.3 Å². The van der Waals surface area contributed by atoms with Gasteiger partial charge in [0.2, 0.25) is 0 Å². The lowest BCUT2D eigenvalue weighted by molar-refractivity contribution is -0.123. The maximum Gasteiger partial charge on any atom is 0.258 e. The lowest BCUT2D eigenvalue weighted by Gasteiger charge is -2.14. The molecule has 0 radical (unpaired) electrons. The molecule has 5 heteroatoms. The second kappa shape index (κ2) is 7.27. The number of carbonyl (C=O) groups is 1. The number of hydrogen-bond acceptors (Lipinski definition) is 3. The van der Waals surface area contributed by atoms with Crippen LogP contribution in [0.2, 0.25) is 0 Å². The molecule has 0 aliphatic heterocycles. The highest BCUT2D eigenvalue weighted by Crippen LogP contribution is 2.38. The van der Waals surface area contributed by atoms with Crippen LogP contribution in [0.3, 0.4) is 0 Å². The van der Waals surface area contributed by atoms with E-state index >= 15 is 0 Å². The Labute approximate surface area is 156 Å². The van der Waals surface area contributed by atoms with Crippen molar-refractivity contribution in [2.75, 3.05) is 13.7 Å². The number of hydrogen-bond donors (Lipinski definition) is 1. The number of rotatable bonds is 6. The topological polar surface area (TPSA) is 47.6 Å². The molecule has 0 saturated heterocycles. The molecular formula is C22H20FNO3. The molecule has 3 aromatic carbocycles. The van der Waals surface area contributed by atoms with Gasteiger partial charge in [-0.1, -0.05) is 24.3 Å². The third-order valence-electron chi connectivity index (χ3n) is 4.60. The molecular weight excluding hydrogens is 345 g/mol. The van der Waals surface area contributed by atoms with Crippen molar-refractivity contribution in [3.05, 3.63) is 60.4 Å². The average Bonchev–Trinajstić information content (AvgIpc) is 3.49. The summed E-state index contributed by atoms with van der Waals surface area (Å²) in [5.74, 6) is 0.659. The summed E-state index contributed by atoms with van der Waals surface area (Å²) in [7, 11) is 1.56. The summed E-state index contributed by atoms with van der Waals surface area (Å²) in [6.45, 7) is -0.0471. The summed E-state index contributed by atoms with van der Waals surface area (Å²) >= 11 is 0. The Hall–Kier alpha value is -3.08. The van der Waals surface area contributed by atoms with Crippen molar-refractivity contribution in [2.45, 2.75) is 18.9 Å². The largest absolute Gasteiger partial charge is 0.496 e. The van der Waals surface area contributed by atoms with Gasteiger partial charge >= 0.3 is 0 Å². The lowest BCUT2D eigenvalue weighted by Crippen LogP contribution is -2.30. The number of ether oxygens (including phenoxy) is 2. The fraction of sp³-hybridized carbons (Fsp3) is 0.227. The van der Waals surface area contributed by atoms with Gasteiger partial charge in [0.1, 0.15) is 17.3 Å². The van der Waals surface area contributed by atoms with Gasteiger partial charge in [-0.3, -0.25) is 4.79 Å². The zero-order chi connectivity index (χ0) is 18.8. The summed E-state index contributed by atoms with van der Waals surface area (Å²) in [6, 6.07) is 16.2. The molecule has 4 nitrogen and oxygen atoms in total. The third kappa shape index (κ3) is 3.87. The van der Waals surface area contributed by atoms with Gasteiger partial charge in [0.25, 0.3) is 5.91 Å². The molecule has 0 atom stereocenters. The van der Waals surface area contributed by atoms with Crippen LogP contribution in [0.1, 0.15) is 12.8 Å². The number of halogens is 1. The van der Waals surface area contributed by atoms with E-state index in [0.29, 0.717) is 23.1 Å². The Morgan fingerprint density at radius 3 is 2.70 bits per heavy atom. The van der Waals surface area contributed by atoms with Crippen LogP contribution < -0.4 is 14.8 Å². The summed E-state index contributed by atoms with van der Waals surface area (Å²) in [5.41, 5.74) is 1.43. The Morgan fingerprint density at radius 2 is 1.93 bits per heavy atom. The fourth-order valence-corrected chi connectivity index (χ4v) is 3.13. The number of amides is 1. The van der Waals surface area contributed by atoms with Crippen LogP contribution in [0.25, 0.3) is 21.9 Å². The standard InChI is InChI=1S/C22H20FNO3/c1-26-21-9-6-15(23)11-20(21)19-12-17(10-14-4-2-3-5-18(14)19)27-13-22(25)24-16-7-8-16/h2-6,9-12,16H,7-8,13H2,1H3,(H,24,25). The molecule has 0 unspecified atom stereocenters. The molecule has 0 heterocycles. The maximum atomic E-state index is 13.9. The smallest absolute Gasteiger partial charge is 0.258 e. The predicted molar refractivity (Wildman–Crippen MR) is 103 cm³/mol. The third-order valence-corrected chi connectivity index (χ3v) is 4.60. The predicted octanol–water partition coefficient (Wildman–Crippen LogP) is 4.31. The SMILES string of the molecule is COc1ccc(F)cc1-c1cc(OCC(=O)NC2CC2)cc2ccccc12. The van der Waals surface area contributed by atoms with Crippen molar-refractivity contribution in [1.82, 2.24) is 5.32 Å². The average molecular weight is 365 g/mol. The molecule has 138 valence electrons. The van der Waals surface area contributed by atoms with Gasteiger partial charge < -0.3 is 14.8 Å². The second-order valence-corrected chi connectivity index (χ2v) is 6.67. The van der Waals surface area contributed by atoms with E-state index in [1.54, 1.807) is 13.2 Å². The van der Waals surface area contributed by atoms with Crippen LogP contribution in [0, 0.1) is 5.82 Å². The Kier molecular flexibility index (Phi) is 4.67. The van der Waals surface area contributed by atoms with Gasteiger partial charge in [-0.2, -0.15) is 0 Å². The van der Waals surface area contributed by atoms with E-state index in [2.05, 4.69) is 5.32 Å². The van der Waals surface area contributed by atoms with Crippen LogP contribution in [0.5, 0.6) is 11.5 Å². The van der Waals surface area contributed by atoms with Gasteiger partial charge in [0.15, 0.2) is 6.61 Å². The molecule has 0 spiro atoms. The van der Waals surface area contributed by atoms with Crippen molar-refractivity contribution in [1.29, 1.82) is 0 Å². The van der Waals surface area contributed by atoms with Crippen LogP contribution in [0.4, 0.5) is 4.39 Å². The van der Waals surface area contributed by atoms with E-state index in [1.807, 2.05) is 36.4 Å². The number of methoxy groups -OCH3 is 1. The zero-order valence-electron chi connectivity index (χ0n) is 15.0. The molecule has 27 heavy (non-hydrogen) atoms. The monoisotopic (exact) mass is 365 g/mol. The Morgan fingerprint density at radius 1 is 1.11 bits per heavy atom. The second-order valence-electron chi connectivity index (χ2n) is 6.67. The van der Waals surface area contributed by atoms with Gasteiger partial charge in [0.05, 0.1) is 7.11 Å². The molecule has 0 bridgehead atoms. The highest BCUT2D eigenvalue weighted by Gasteiger charge is 2.23. The van der Waals surface area contributed by atoms with Crippen molar-refractivity contribution in [3.8, 4) is 22.6 Å². The summed E-state index contributed by atoms with van der Waals surface area (Å²) in [6.07, 6.45) is 2.07. The first-order valence-electron chi connectivity index (χ1n) is 8.93. The minimum absolute atomic E-state index is 0.0471. The Balaban J connectivity index is 1.72. The van der Waals surface area contributed by atoms with E-state index in [0.717, 1.165) is 29.2 Å². The quantitative estimate of drug-likeness (QED) is 0.708. The molecule has 1 fully saturated rings. The van der Waals surface area contributed by atoms with Crippen molar-refractivity contribution < 1.29 is 18.7 Å². The summed E-state index contributed by atoms with van der Waals surface area (Å²) in [5, 5.41) is 4.80. The number of benzene rings is 3. The number of carbonyl (C=O) groups excluding carboxylic acids is 1. The molecule has 1 amide bonds. The number of nitrogens with one attached hydrogen (secondary N) is 1. The lowest BCUT2D eigenvalue weighted by atomic mass is 9.97. The van der Waals surface area contributed by atoms with Gasteiger partial charge in [-0.25, -0.2) is 4.39 Å². The fourth-order valence-electron chi connectivity index (χ4n) is 3.13. The van der Waals surface area contributed by atoms with Crippen molar-refractivity contribution in [2.24, 2.45) is 0 Å². The minimum atomic E-state index is -0.343. The van der Waals surface area contributed by atoms with Crippen molar-refractivity contribution >= 4 is 16.7 Å².